The number of hydrogen-bond acceptors (Lipinski definition) is 5. The molecule has 3 aromatic heterocycles. The third kappa shape index (κ3) is 4.92. The van der Waals surface area contributed by atoms with Gasteiger partial charge in [-0.15, -0.1) is 5.10 Å². The lowest BCUT2D eigenvalue weighted by Crippen LogP contribution is -2.02. The van der Waals surface area contributed by atoms with E-state index in [1.165, 1.54) is 18.2 Å². The summed E-state index contributed by atoms with van der Waals surface area (Å²) in [6, 6.07) is 11.5. The number of rotatable bonds is 9. The standard InChI is InChI=1S/C24H22F2N6O/c25-18-5-7-22-17(11-18)12-23(30-22)24-29-20(15-33-24)14-27-19-6-4-16(21(26)13-19)3-1-2-9-32-10-8-28-31-32/h4-8,10-13,15,27,30H,1-3,9,14H2. The van der Waals surface area contributed by atoms with Crippen LogP contribution in [0.25, 0.3) is 22.5 Å². The number of benzene rings is 2. The van der Waals surface area contributed by atoms with Crippen LogP contribution in [0.5, 0.6) is 0 Å². The maximum Gasteiger partial charge on any atom is 0.243 e. The van der Waals surface area contributed by atoms with Gasteiger partial charge in [0.2, 0.25) is 5.89 Å². The zero-order chi connectivity index (χ0) is 22.6. The minimum Gasteiger partial charge on any atom is -0.443 e. The van der Waals surface area contributed by atoms with Gasteiger partial charge in [-0.3, -0.25) is 4.68 Å². The highest BCUT2D eigenvalue weighted by molar-refractivity contribution is 5.84. The van der Waals surface area contributed by atoms with Crippen molar-refractivity contribution < 1.29 is 13.2 Å². The van der Waals surface area contributed by atoms with Gasteiger partial charge in [0, 0.05) is 29.3 Å². The summed E-state index contributed by atoms with van der Waals surface area (Å²) in [6.45, 7) is 1.16. The van der Waals surface area contributed by atoms with Gasteiger partial charge < -0.3 is 14.7 Å². The first-order valence-electron chi connectivity index (χ1n) is 10.7. The molecule has 0 spiro atoms. The van der Waals surface area contributed by atoms with Crippen molar-refractivity contribution in [3.8, 4) is 11.6 Å². The van der Waals surface area contributed by atoms with Gasteiger partial charge in [-0.05, 0) is 61.2 Å². The number of halogens is 2. The van der Waals surface area contributed by atoms with Gasteiger partial charge in [0.25, 0.3) is 0 Å². The molecule has 0 saturated carbocycles. The van der Waals surface area contributed by atoms with Crippen LogP contribution in [0.2, 0.25) is 0 Å². The average Bonchev–Trinajstić information content (AvgIpc) is 3.56. The van der Waals surface area contributed by atoms with Crippen molar-refractivity contribution in [2.45, 2.75) is 32.4 Å². The van der Waals surface area contributed by atoms with Crippen LogP contribution in [-0.4, -0.2) is 25.0 Å². The highest BCUT2D eigenvalue weighted by Crippen LogP contribution is 2.25. The second kappa shape index (κ2) is 9.23. The van der Waals surface area contributed by atoms with Gasteiger partial charge in [0.15, 0.2) is 0 Å². The third-order valence-electron chi connectivity index (χ3n) is 5.45. The summed E-state index contributed by atoms with van der Waals surface area (Å²) in [5.74, 6) is -0.113. The van der Waals surface area contributed by atoms with Gasteiger partial charge in [-0.25, -0.2) is 13.8 Å². The summed E-state index contributed by atoms with van der Waals surface area (Å²) in [5.41, 5.74) is 3.51. The van der Waals surface area contributed by atoms with Crippen molar-refractivity contribution in [2.75, 3.05) is 5.32 Å². The van der Waals surface area contributed by atoms with E-state index in [1.807, 2.05) is 18.3 Å². The highest BCUT2D eigenvalue weighted by Gasteiger charge is 2.11. The quantitative estimate of drug-likeness (QED) is 0.298. The van der Waals surface area contributed by atoms with Gasteiger partial charge in [0.1, 0.15) is 23.6 Å². The minimum atomic E-state index is -0.296. The van der Waals surface area contributed by atoms with E-state index in [-0.39, 0.29) is 11.6 Å². The van der Waals surface area contributed by atoms with Gasteiger partial charge >= 0.3 is 0 Å². The third-order valence-corrected chi connectivity index (χ3v) is 5.45. The van der Waals surface area contributed by atoms with E-state index < -0.39 is 0 Å². The number of unbranched alkanes of at least 4 members (excludes halogenated alkanes) is 1. The fourth-order valence-electron chi connectivity index (χ4n) is 3.72. The van der Waals surface area contributed by atoms with Gasteiger partial charge in [0.05, 0.1) is 18.4 Å². The molecule has 0 saturated heterocycles. The molecule has 2 N–H and O–H groups in total. The van der Waals surface area contributed by atoms with E-state index in [1.54, 1.807) is 29.3 Å². The first kappa shape index (κ1) is 20.9. The number of anilines is 1. The summed E-state index contributed by atoms with van der Waals surface area (Å²) in [4.78, 5) is 7.63. The molecule has 0 aliphatic heterocycles. The Balaban J connectivity index is 1.16. The highest BCUT2D eigenvalue weighted by atomic mass is 19.1. The Hall–Kier alpha value is -4.01. The summed E-state index contributed by atoms with van der Waals surface area (Å²) in [6.07, 6.45) is 7.46. The lowest BCUT2D eigenvalue weighted by atomic mass is 10.1. The van der Waals surface area contributed by atoms with Crippen LogP contribution < -0.4 is 5.32 Å². The van der Waals surface area contributed by atoms with E-state index >= 15 is 0 Å². The maximum atomic E-state index is 14.5. The number of aryl methyl sites for hydroxylation is 2. The number of nitrogens with one attached hydrogen (secondary N) is 2. The molecule has 0 amide bonds. The second-order valence-corrected chi connectivity index (χ2v) is 7.84. The van der Waals surface area contributed by atoms with E-state index in [0.29, 0.717) is 41.5 Å². The Bertz CT molecular complexity index is 1360. The van der Waals surface area contributed by atoms with Crippen molar-refractivity contribution >= 4 is 16.6 Å². The molecule has 5 rings (SSSR count). The molecule has 0 aliphatic carbocycles. The molecule has 2 aromatic carbocycles. The maximum absolute atomic E-state index is 14.5. The SMILES string of the molecule is Fc1ccc2[nH]c(-c3nc(CNc4ccc(CCCCn5ccnn5)c(F)c4)co3)cc2c1. The molecule has 0 atom stereocenters. The number of fused-ring (bicyclic) bond motifs is 1. The monoisotopic (exact) mass is 448 g/mol. The summed E-state index contributed by atoms with van der Waals surface area (Å²) in [7, 11) is 0. The molecule has 9 heteroatoms. The van der Waals surface area contributed by atoms with Crippen LogP contribution in [0.1, 0.15) is 24.1 Å². The van der Waals surface area contributed by atoms with Crippen LogP contribution in [0.3, 0.4) is 0 Å². The molecule has 5 aromatic rings. The van der Waals surface area contributed by atoms with E-state index in [2.05, 4.69) is 25.6 Å². The normalized spacial score (nSPS) is 11.3. The number of aromatic amines is 1. The Morgan fingerprint density at radius 2 is 2.00 bits per heavy atom. The predicted octanol–water partition coefficient (Wildman–Crippen LogP) is 5.33. The number of H-pyrrole nitrogens is 1. The summed E-state index contributed by atoms with van der Waals surface area (Å²) < 4.78 is 35.2. The zero-order valence-electron chi connectivity index (χ0n) is 17.8. The van der Waals surface area contributed by atoms with Gasteiger partial charge in [-0.2, -0.15) is 0 Å². The Labute approximate surface area is 188 Å². The lowest BCUT2D eigenvalue weighted by molar-refractivity contribution is 0.534. The molecule has 0 radical (unpaired) electrons. The molecule has 7 nitrogen and oxygen atoms in total. The minimum absolute atomic E-state index is 0.230. The lowest BCUT2D eigenvalue weighted by Gasteiger charge is -2.08. The van der Waals surface area contributed by atoms with Crippen molar-refractivity contribution in [1.82, 2.24) is 25.0 Å². The van der Waals surface area contributed by atoms with Crippen LogP contribution >= 0.6 is 0 Å². The second-order valence-electron chi connectivity index (χ2n) is 7.84. The Morgan fingerprint density at radius 1 is 1.06 bits per heavy atom. The van der Waals surface area contributed by atoms with E-state index in [4.69, 9.17) is 4.42 Å². The molecule has 168 valence electrons. The van der Waals surface area contributed by atoms with Crippen LogP contribution in [-0.2, 0) is 19.5 Å². The van der Waals surface area contributed by atoms with E-state index in [0.717, 1.165) is 30.3 Å². The topological polar surface area (TPSA) is 84.6 Å². The predicted molar refractivity (Wildman–Crippen MR) is 120 cm³/mol. The molecule has 0 bridgehead atoms. The zero-order valence-corrected chi connectivity index (χ0v) is 17.8. The largest absolute Gasteiger partial charge is 0.443 e. The Morgan fingerprint density at radius 3 is 2.85 bits per heavy atom. The molecular weight excluding hydrogens is 426 g/mol. The number of hydrogen-bond donors (Lipinski definition) is 2. The molecule has 0 fully saturated rings. The van der Waals surface area contributed by atoms with Crippen molar-refractivity contribution in [3.05, 3.63) is 84.0 Å². The number of aromatic nitrogens is 5. The first-order valence-corrected chi connectivity index (χ1v) is 10.7. The molecular formula is C24H22F2N6O. The van der Waals surface area contributed by atoms with E-state index in [9.17, 15) is 8.78 Å². The van der Waals surface area contributed by atoms with Crippen LogP contribution in [0.4, 0.5) is 14.5 Å². The smallest absolute Gasteiger partial charge is 0.243 e. The molecule has 0 aliphatic rings. The Kier molecular flexibility index (Phi) is 5.84. The number of nitrogens with zero attached hydrogens (tertiary/aromatic N) is 4. The number of oxazole rings is 1. The summed E-state index contributed by atoms with van der Waals surface area (Å²) >= 11 is 0. The van der Waals surface area contributed by atoms with Crippen molar-refractivity contribution in [1.29, 1.82) is 0 Å². The summed E-state index contributed by atoms with van der Waals surface area (Å²) in [5, 5.41) is 11.6. The molecule has 33 heavy (non-hydrogen) atoms. The van der Waals surface area contributed by atoms with Crippen molar-refractivity contribution in [2.24, 2.45) is 0 Å². The van der Waals surface area contributed by atoms with Crippen LogP contribution in [0, 0.1) is 11.6 Å². The average molecular weight is 448 g/mol. The van der Waals surface area contributed by atoms with Crippen molar-refractivity contribution in [3.63, 3.8) is 0 Å². The fraction of sp³-hybridized carbons (Fsp3) is 0.208. The van der Waals surface area contributed by atoms with Gasteiger partial charge in [-0.1, -0.05) is 11.3 Å². The molecule has 3 heterocycles. The van der Waals surface area contributed by atoms with Crippen LogP contribution in [0.15, 0.2) is 65.5 Å². The fourth-order valence-corrected chi connectivity index (χ4v) is 3.72. The molecule has 0 unspecified atom stereocenters. The first-order chi connectivity index (χ1) is 16.1.